The van der Waals surface area contributed by atoms with Gasteiger partial charge in [-0.15, -0.1) is 24.0 Å². The van der Waals surface area contributed by atoms with Gasteiger partial charge in [0.15, 0.2) is 12.6 Å². The van der Waals surface area contributed by atoms with E-state index >= 15 is 0 Å². The summed E-state index contributed by atoms with van der Waals surface area (Å²) in [5.74, 6) is 0.843. The summed E-state index contributed by atoms with van der Waals surface area (Å²) in [5.41, 5.74) is 1.61. The Kier molecular flexibility index (Phi) is 8.77. The van der Waals surface area contributed by atoms with E-state index in [2.05, 4.69) is 20.3 Å². The van der Waals surface area contributed by atoms with Gasteiger partial charge in [0.1, 0.15) is 11.9 Å². The first-order valence-corrected chi connectivity index (χ1v) is 9.19. The van der Waals surface area contributed by atoms with Gasteiger partial charge in [-0.25, -0.2) is 0 Å². The van der Waals surface area contributed by atoms with Crippen LogP contribution >= 0.6 is 24.0 Å². The Bertz CT molecular complexity index is 844. The molecule has 1 N–H and O–H groups in total. The SMILES string of the molecule is CN=C(NCc1ccccc1OCC(F)(F)F)N1CCOC(c2cnn(C)c2)C1.I. The third kappa shape index (κ3) is 6.76. The number of aliphatic imine (C=N–C) groups is 1. The molecule has 2 heterocycles. The molecule has 0 spiro atoms. The zero-order valence-corrected chi connectivity index (χ0v) is 19.1. The zero-order chi connectivity index (χ0) is 20.9. The normalized spacial score (nSPS) is 17.4. The molecule has 1 unspecified atom stereocenters. The maximum absolute atomic E-state index is 12.5. The average Bonchev–Trinajstić information content (AvgIpc) is 3.14. The number of nitrogens with zero attached hydrogens (tertiary/aromatic N) is 4. The molecule has 1 atom stereocenters. The van der Waals surface area contributed by atoms with Crippen molar-refractivity contribution < 1.29 is 22.6 Å². The summed E-state index contributed by atoms with van der Waals surface area (Å²) >= 11 is 0. The van der Waals surface area contributed by atoms with Crippen LogP contribution in [0.3, 0.4) is 0 Å². The van der Waals surface area contributed by atoms with Gasteiger partial charge in [-0.05, 0) is 6.07 Å². The lowest BCUT2D eigenvalue weighted by Gasteiger charge is -2.34. The molecule has 1 fully saturated rings. The fourth-order valence-corrected chi connectivity index (χ4v) is 3.11. The number of hydrogen-bond donors (Lipinski definition) is 1. The Morgan fingerprint density at radius 2 is 2.13 bits per heavy atom. The van der Waals surface area contributed by atoms with Crippen LogP contribution < -0.4 is 10.1 Å². The van der Waals surface area contributed by atoms with E-state index in [1.807, 2.05) is 13.2 Å². The number of morpholine rings is 1. The number of hydrogen-bond acceptors (Lipinski definition) is 4. The fourth-order valence-electron chi connectivity index (χ4n) is 3.11. The summed E-state index contributed by atoms with van der Waals surface area (Å²) in [6.07, 6.45) is -0.818. The van der Waals surface area contributed by atoms with Crippen LogP contribution in [0, 0.1) is 0 Å². The van der Waals surface area contributed by atoms with Crippen molar-refractivity contribution in [1.29, 1.82) is 0 Å². The number of para-hydroxylation sites is 1. The minimum Gasteiger partial charge on any atom is -0.484 e. The van der Waals surface area contributed by atoms with Crippen LogP contribution in [-0.2, 0) is 18.3 Å². The molecular formula is C19H25F3IN5O2. The maximum atomic E-state index is 12.5. The topological polar surface area (TPSA) is 63.9 Å². The van der Waals surface area contributed by atoms with E-state index in [1.165, 1.54) is 6.07 Å². The van der Waals surface area contributed by atoms with Crippen molar-refractivity contribution in [1.82, 2.24) is 20.0 Å². The van der Waals surface area contributed by atoms with Gasteiger partial charge in [-0.3, -0.25) is 9.67 Å². The molecule has 0 radical (unpaired) electrons. The van der Waals surface area contributed by atoms with Gasteiger partial charge < -0.3 is 19.7 Å². The molecule has 2 aromatic rings. The predicted molar refractivity (Wildman–Crippen MR) is 117 cm³/mol. The smallest absolute Gasteiger partial charge is 0.422 e. The highest BCUT2D eigenvalue weighted by Gasteiger charge is 2.29. The van der Waals surface area contributed by atoms with E-state index in [1.54, 1.807) is 36.1 Å². The van der Waals surface area contributed by atoms with Crippen molar-refractivity contribution in [3.8, 4) is 5.75 Å². The van der Waals surface area contributed by atoms with Crippen molar-refractivity contribution in [2.75, 3.05) is 33.4 Å². The van der Waals surface area contributed by atoms with E-state index in [4.69, 9.17) is 9.47 Å². The first-order valence-electron chi connectivity index (χ1n) is 9.19. The minimum absolute atomic E-state index is 0. The number of ether oxygens (including phenoxy) is 2. The Balaban J connectivity index is 0.00000320. The monoisotopic (exact) mass is 539 g/mol. The molecule has 0 amide bonds. The first-order chi connectivity index (χ1) is 13.9. The third-order valence-corrected chi connectivity index (χ3v) is 4.48. The molecule has 1 saturated heterocycles. The van der Waals surface area contributed by atoms with Crippen molar-refractivity contribution in [2.24, 2.45) is 12.0 Å². The molecule has 30 heavy (non-hydrogen) atoms. The molecular weight excluding hydrogens is 514 g/mol. The number of aromatic nitrogens is 2. The minimum atomic E-state index is -4.38. The van der Waals surface area contributed by atoms with E-state index in [9.17, 15) is 13.2 Å². The van der Waals surface area contributed by atoms with Crippen LogP contribution in [-0.4, -0.2) is 60.2 Å². The van der Waals surface area contributed by atoms with E-state index in [-0.39, 0.29) is 42.4 Å². The van der Waals surface area contributed by atoms with Crippen LogP contribution in [0.4, 0.5) is 13.2 Å². The highest BCUT2D eigenvalue weighted by Crippen LogP contribution is 2.23. The maximum Gasteiger partial charge on any atom is 0.422 e. The van der Waals surface area contributed by atoms with E-state index < -0.39 is 12.8 Å². The fraction of sp³-hybridized carbons (Fsp3) is 0.474. The lowest BCUT2D eigenvalue weighted by molar-refractivity contribution is -0.153. The summed E-state index contributed by atoms with van der Waals surface area (Å²) in [5, 5.41) is 7.39. The summed E-state index contributed by atoms with van der Waals surface area (Å²) < 4.78 is 49.9. The molecule has 0 bridgehead atoms. The highest BCUT2D eigenvalue weighted by atomic mass is 127. The Hall–Kier alpha value is -2.02. The van der Waals surface area contributed by atoms with Gasteiger partial charge in [0, 0.05) is 44.5 Å². The first kappa shape index (κ1) is 24.3. The second kappa shape index (κ2) is 10.8. The van der Waals surface area contributed by atoms with E-state index in [0.29, 0.717) is 31.2 Å². The van der Waals surface area contributed by atoms with Crippen LogP contribution in [0.1, 0.15) is 17.2 Å². The molecule has 1 aliphatic heterocycles. The van der Waals surface area contributed by atoms with Crippen LogP contribution in [0.15, 0.2) is 41.7 Å². The van der Waals surface area contributed by atoms with Crippen molar-refractivity contribution in [2.45, 2.75) is 18.8 Å². The molecule has 1 aliphatic rings. The Morgan fingerprint density at radius 3 is 2.80 bits per heavy atom. The molecule has 3 rings (SSSR count). The average molecular weight is 539 g/mol. The quantitative estimate of drug-likeness (QED) is 0.360. The third-order valence-electron chi connectivity index (χ3n) is 4.48. The van der Waals surface area contributed by atoms with Gasteiger partial charge in [0.2, 0.25) is 0 Å². The molecule has 7 nitrogen and oxygen atoms in total. The summed E-state index contributed by atoms with van der Waals surface area (Å²) in [4.78, 5) is 6.37. The Morgan fingerprint density at radius 1 is 1.37 bits per heavy atom. The van der Waals surface area contributed by atoms with Crippen molar-refractivity contribution >= 4 is 29.9 Å². The number of rotatable bonds is 5. The van der Waals surface area contributed by atoms with Gasteiger partial charge in [0.05, 0.1) is 19.3 Å². The lowest BCUT2D eigenvalue weighted by Crippen LogP contribution is -2.47. The Labute approximate surface area is 190 Å². The number of guanidine groups is 1. The summed E-state index contributed by atoms with van der Waals surface area (Å²) in [6, 6.07) is 6.65. The number of halogens is 4. The number of benzene rings is 1. The van der Waals surface area contributed by atoms with Crippen LogP contribution in [0.2, 0.25) is 0 Å². The molecule has 1 aromatic carbocycles. The van der Waals surface area contributed by atoms with E-state index in [0.717, 1.165) is 5.56 Å². The second-order valence-corrected chi connectivity index (χ2v) is 6.67. The number of aryl methyl sites for hydroxylation is 1. The molecule has 166 valence electrons. The molecule has 1 aromatic heterocycles. The predicted octanol–water partition coefficient (Wildman–Crippen LogP) is 3.13. The zero-order valence-electron chi connectivity index (χ0n) is 16.7. The molecule has 0 aliphatic carbocycles. The van der Waals surface area contributed by atoms with Crippen LogP contribution in [0.5, 0.6) is 5.75 Å². The summed E-state index contributed by atoms with van der Waals surface area (Å²) in [7, 11) is 3.52. The molecule has 0 saturated carbocycles. The standard InChI is InChI=1S/C19H24F3N5O2.HI/c1-23-18(27-7-8-28-17(12-27)15-10-25-26(2)11-15)24-9-14-5-3-4-6-16(14)29-13-19(20,21)22;/h3-6,10-11,17H,7-9,12-13H2,1-2H3,(H,23,24);1H. The van der Waals surface area contributed by atoms with Crippen LogP contribution in [0.25, 0.3) is 0 Å². The second-order valence-electron chi connectivity index (χ2n) is 6.67. The van der Waals surface area contributed by atoms with Gasteiger partial charge in [-0.2, -0.15) is 18.3 Å². The largest absolute Gasteiger partial charge is 0.484 e. The van der Waals surface area contributed by atoms with Crippen molar-refractivity contribution in [3.63, 3.8) is 0 Å². The van der Waals surface area contributed by atoms with Gasteiger partial charge in [0.25, 0.3) is 0 Å². The van der Waals surface area contributed by atoms with Gasteiger partial charge in [-0.1, -0.05) is 18.2 Å². The van der Waals surface area contributed by atoms with Gasteiger partial charge >= 0.3 is 6.18 Å². The lowest BCUT2D eigenvalue weighted by atomic mass is 10.1. The highest BCUT2D eigenvalue weighted by molar-refractivity contribution is 14.0. The number of alkyl halides is 3. The summed E-state index contributed by atoms with van der Waals surface area (Å²) in [6.45, 7) is 0.746. The van der Waals surface area contributed by atoms with Crippen molar-refractivity contribution in [3.05, 3.63) is 47.8 Å². The number of nitrogens with one attached hydrogen (secondary N) is 1. The molecule has 11 heteroatoms.